The molecule has 0 spiro atoms. The number of hydrogen-bond donors (Lipinski definition) is 12. The Morgan fingerprint density at radius 1 is 0.444 bits per heavy atom. The van der Waals surface area contributed by atoms with Crippen molar-refractivity contribution in [3.63, 3.8) is 0 Å². The molecule has 1 saturated carbocycles. The normalized spacial score (nSPS) is 46.1. The van der Waals surface area contributed by atoms with Gasteiger partial charge in [0, 0.05) is 44.0 Å². The average molecular weight is 789 g/mol. The molecule has 0 radical (unpaired) electrons. The summed E-state index contributed by atoms with van der Waals surface area (Å²) in [5.74, 6) is -3.54. The standard InChI is InChI=1S/C35H64O19/c1-3-18-29(41)21(8-37)53-25(30(18)42)14-51-11-20-33(45)24(13-49-5-4-16-6-17(7-36)28(40)35(47)27(16)39)54-26(34(20)46)15-50-10-19-31(43)22(9-38)52-23(12-48-2)32(19)44/h16-47H,3-15H2,1-2H3/t16-,17?,18-,19-,20-,21?,22?,23+,24?,25+,26+,27?,28-,29+,30?,31+,32?,33+,34?,35+/m1/s1. The van der Waals surface area contributed by atoms with Gasteiger partial charge in [-0.2, -0.15) is 0 Å². The van der Waals surface area contributed by atoms with Crippen LogP contribution in [0.3, 0.4) is 0 Å². The van der Waals surface area contributed by atoms with Crippen molar-refractivity contribution in [2.45, 2.75) is 118 Å². The van der Waals surface area contributed by atoms with Crippen molar-refractivity contribution in [3.05, 3.63) is 0 Å². The molecule has 318 valence electrons. The molecule has 1 aliphatic carbocycles. The highest BCUT2D eigenvalue weighted by molar-refractivity contribution is 4.96. The maximum Gasteiger partial charge on any atom is 0.108 e. The minimum absolute atomic E-state index is 0.000106. The van der Waals surface area contributed by atoms with Crippen LogP contribution in [0.15, 0.2) is 0 Å². The molecule has 0 aromatic carbocycles. The molecule has 4 fully saturated rings. The Bertz CT molecular complexity index is 1060. The van der Waals surface area contributed by atoms with Gasteiger partial charge in [0.15, 0.2) is 0 Å². The summed E-state index contributed by atoms with van der Waals surface area (Å²) in [5, 5.41) is 126. The summed E-state index contributed by atoms with van der Waals surface area (Å²) in [6.07, 6.45) is -16.1. The fourth-order valence-corrected chi connectivity index (χ4v) is 8.29. The highest BCUT2D eigenvalue weighted by atomic mass is 16.6. The number of aliphatic hydroxyl groups is 12. The summed E-state index contributed by atoms with van der Waals surface area (Å²) < 4.78 is 40.0. The molecule has 19 nitrogen and oxygen atoms in total. The number of rotatable bonds is 19. The molecule has 3 saturated heterocycles. The average Bonchev–Trinajstić information content (AvgIpc) is 3.16. The summed E-state index contributed by atoms with van der Waals surface area (Å²) in [6, 6.07) is 0. The second-order valence-electron chi connectivity index (χ2n) is 15.2. The molecule has 12 N–H and O–H groups in total. The molecule has 4 aliphatic rings. The van der Waals surface area contributed by atoms with Gasteiger partial charge in [-0.15, -0.1) is 0 Å². The zero-order valence-electron chi connectivity index (χ0n) is 31.0. The van der Waals surface area contributed by atoms with Gasteiger partial charge in [0.2, 0.25) is 0 Å². The van der Waals surface area contributed by atoms with E-state index in [9.17, 15) is 61.3 Å². The van der Waals surface area contributed by atoms with E-state index in [1.54, 1.807) is 6.92 Å². The van der Waals surface area contributed by atoms with Gasteiger partial charge < -0.3 is 94.4 Å². The maximum absolute atomic E-state index is 11.4. The first-order valence-corrected chi connectivity index (χ1v) is 19.0. The predicted octanol–water partition coefficient (Wildman–Crippen LogP) is -5.51. The van der Waals surface area contributed by atoms with Crippen molar-refractivity contribution in [2.75, 3.05) is 73.2 Å². The third-order valence-electron chi connectivity index (χ3n) is 11.7. The summed E-state index contributed by atoms with van der Waals surface area (Å²) in [4.78, 5) is 0. The minimum atomic E-state index is -1.43. The molecule has 3 heterocycles. The molecule has 54 heavy (non-hydrogen) atoms. The maximum atomic E-state index is 11.4. The Morgan fingerprint density at radius 3 is 1.31 bits per heavy atom. The molecular formula is C35H64O19. The fraction of sp³-hybridized carbons (Fsp3) is 1.00. The van der Waals surface area contributed by atoms with Gasteiger partial charge in [-0.3, -0.25) is 0 Å². The van der Waals surface area contributed by atoms with Crippen molar-refractivity contribution in [3.8, 4) is 0 Å². The van der Waals surface area contributed by atoms with E-state index in [2.05, 4.69) is 0 Å². The third kappa shape index (κ3) is 10.8. The first kappa shape index (κ1) is 45.9. The van der Waals surface area contributed by atoms with Crippen LogP contribution in [-0.2, 0) is 33.2 Å². The number of ether oxygens (including phenoxy) is 7. The predicted molar refractivity (Wildman–Crippen MR) is 183 cm³/mol. The third-order valence-corrected chi connectivity index (χ3v) is 11.7. The molecule has 0 aromatic heterocycles. The van der Waals surface area contributed by atoms with Crippen LogP contribution in [0.2, 0.25) is 0 Å². The molecule has 20 atom stereocenters. The van der Waals surface area contributed by atoms with Crippen molar-refractivity contribution < 1.29 is 94.4 Å². The van der Waals surface area contributed by atoms with E-state index in [1.807, 2.05) is 0 Å². The highest BCUT2D eigenvalue weighted by Gasteiger charge is 2.48. The molecule has 3 aliphatic heterocycles. The Balaban J connectivity index is 1.40. The molecule has 19 heteroatoms. The zero-order valence-corrected chi connectivity index (χ0v) is 31.0. The lowest BCUT2D eigenvalue weighted by atomic mass is 9.75. The van der Waals surface area contributed by atoms with Crippen molar-refractivity contribution in [2.24, 2.45) is 29.6 Å². The topological polar surface area (TPSA) is 307 Å². The van der Waals surface area contributed by atoms with E-state index in [0.717, 1.165) is 0 Å². The van der Waals surface area contributed by atoms with Gasteiger partial charge in [-0.05, 0) is 25.2 Å². The zero-order chi connectivity index (χ0) is 39.7. The largest absolute Gasteiger partial charge is 0.396 e. The first-order valence-electron chi connectivity index (χ1n) is 19.0. The molecule has 0 aromatic rings. The van der Waals surface area contributed by atoms with Crippen LogP contribution in [0.25, 0.3) is 0 Å². The van der Waals surface area contributed by atoms with E-state index in [-0.39, 0.29) is 65.7 Å². The van der Waals surface area contributed by atoms with Gasteiger partial charge in [-0.1, -0.05) is 6.92 Å². The van der Waals surface area contributed by atoms with Crippen LogP contribution in [-0.4, -0.2) is 226 Å². The van der Waals surface area contributed by atoms with Gasteiger partial charge in [0.1, 0.15) is 42.7 Å². The van der Waals surface area contributed by atoms with Crippen molar-refractivity contribution in [1.29, 1.82) is 0 Å². The first-order chi connectivity index (χ1) is 25.8. The lowest BCUT2D eigenvalue weighted by Gasteiger charge is -2.44. The molecule has 0 amide bonds. The Kier molecular flexibility index (Phi) is 18.6. The van der Waals surface area contributed by atoms with Crippen LogP contribution >= 0.6 is 0 Å². The summed E-state index contributed by atoms with van der Waals surface area (Å²) >= 11 is 0. The number of methoxy groups -OCH3 is 1. The smallest absolute Gasteiger partial charge is 0.108 e. The SMILES string of the molecule is CC[C@H]1C(O)[C@H](COC[C@H]2C(O)[C@H](COC[C@H]3C(O)[C@H](COC)OC(CO)[C@H]3O)OC(COCC[C@@H]3CC(CO)[C@@H](O)[C@@H](O)C3O)[C@H]2O)OC(CO)[C@H]1O. The van der Waals surface area contributed by atoms with Crippen LogP contribution in [0.5, 0.6) is 0 Å². The Hall–Kier alpha value is -0.760. The quantitative estimate of drug-likeness (QED) is 0.0544. The van der Waals surface area contributed by atoms with Crippen LogP contribution < -0.4 is 0 Å². The lowest BCUT2D eigenvalue weighted by molar-refractivity contribution is -0.249. The van der Waals surface area contributed by atoms with Crippen LogP contribution in [0.4, 0.5) is 0 Å². The monoisotopic (exact) mass is 788 g/mol. The molecule has 4 rings (SSSR count). The van der Waals surface area contributed by atoms with E-state index in [4.69, 9.17) is 33.2 Å². The molecular weight excluding hydrogens is 724 g/mol. The highest BCUT2D eigenvalue weighted by Crippen LogP contribution is 2.34. The fourth-order valence-electron chi connectivity index (χ4n) is 8.29. The Labute approximate surface area is 314 Å². The van der Waals surface area contributed by atoms with Gasteiger partial charge in [0.25, 0.3) is 0 Å². The van der Waals surface area contributed by atoms with Crippen LogP contribution in [0, 0.1) is 29.6 Å². The van der Waals surface area contributed by atoms with E-state index >= 15 is 0 Å². The van der Waals surface area contributed by atoms with Crippen molar-refractivity contribution in [1.82, 2.24) is 0 Å². The number of hydrogen-bond acceptors (Lipinski definition) is 19. The number of aliphatic hydroxyl groups excluding tert-OH is 12. The lowest BCUT2D eigenvalue weighted by Crippen LogP contribution is -2.59. The minimum Gasteiger partial charge on any atom is -0.396 e. The van der Waals surface area contributed by atoms with E-state index in [0.29, 0.717) is 6.42 Å². The molecule has 0 bridgehead atoms. The van der Waals surface area contributed by atoms with E-state index in [1.165, 1.54) is 7.11 Å². The second-order valence-corrected chi connectivity index (χ2v) is 15.2. The van der Waals surface area contributed by atoms with Gasteiger partial charge >= 0.3 is 0 Å². The summed E-state index contributed by atoms with van der Waals surface area (Å²) in [6.45, 7) is -0.571. The molecule has 8 unspecified atom stereocenters. The van der Waals surface area contributed by atoms with Crippen LogP contribution in [0.1, 0.15) is 26.2 Å². The van der Waals surface area contributed by atoms with Gasteiger partial charge in [0.05, 0.1) is 102 Å². The van der Waals surface area contributed by atoms with Gasteiger partial charge in [-0.25, -0.2) is 0 Å². The summed E-state index contributed by atoms with van der Waals surface area (Å²) in [7, 11) is 1.42. The summed E-state index contributed by atoms with van der Waals surface area (Å²) in [5.41, 5.74) is 0. The Morgan fingerprint density at radius 2 is 0.852 bits per heavy atom. The second kappa shape index (κ2) is 21.8. The van der Waals surface area contributed by atoms with E-state index < -0.39 is 134 Å². The van der Waals surface area contributed by atoms with Crippen molar-refractivity contribution >= 4 is 0 Å².